The van der Waals surface area contributed by atoms with Crippen LogP contribution in [-0.4, -0.2) is 21.2 Å². The number of aromatic nitrogens is 2. The number of carbonyl (C=O) groups excluding carboxylic acids is 1. The largest absolute Gasteiger partial charge is 0.369 e. The molecule has 0 saturated carbocycles. The van der Waals surface area contributed by atoms with Crippen molar-refractivity contribution >= 4 is 39.2 Å². The van der Waals surface area contributed by atoms with Crippen LogP contribution in [0.3, 0.4) is 0 Å². The lowest BCUT2D eigenvalue weighted by molar-refractivity contribution is -0.115. The fraction of sp³-hybridized carbons (Fsp3) is 0.235. The second-order valence-electron chi connectivity index (χ2n) is 5.64. The average Bonchev–Trinajstić information content (AvgIpc) is 2.96. The number of nitrogens with two attached hydrogens (primary N) is 1. The van der Waals surface area contributed by atoms with E-state index in [1.807, 2.05) is 11.4 Å². The van der Waals surface area contributed by atoms with Gasteiger partial charge in [0.2, 0.25) is 5.91 Å². The van der Waals surface area contributed by atoms with Crippen molar-refractivity contribution in [2.45, 2.75) is 19.0 Å². The summed E-state index contributed by atoms with van der Waals surface area (Å²) in [6.45, 7) is 4.12. The SMILES string of the molecule is Cc1ccc(-c2csc3nc(SCC(N)=O)n(C)c(=O)c23)cc1C. The van der Waals surface area contributed by atoms with Gasteiger partial charge in [-0.25, -0.2) is 4.98 Å². The zero-order valence-electron chi connectivity index (χ0n) is 13.6. The number of thiophene rings is 1. The number of hydrogen-bond donors (Lipinski definition) is 1. The molecular formula is C17H17N3O2S2. The van der Waals surface area contributed by atoms with Crippen LogP contribution in [0.5, 0.6) is 0 Å². The van der Waals surface area contributed by atoms with Gasteiger partial charge in [-0.15, -0.1) is 11.3 Å². The van der Waals surface area contributed by atoms with Crippen molar-refractivity contribution < 1.29 is 4.79 Å². The van der Waals surface area contributed by atoms with E-state index >= 15 is 0 Å². The molecule has 0 aliphatic heterocycles. The molecule has 1 amide bonds. The number of aryl methyl sites for hydroxylation is 2. The van der Waals surface area contributed by atoms with E-state index in [-0.39, 0.29) is 11.3 Å². The highest BCUT2D eigenvalue weighted by Crippen LogP contribution is 2.32. The van der Waals surface area contributed by atoms with E-state index in [9.17, 15) is 9.59 Å². The first-order chi connectivity index (χ1) is 11.4. The summed E-state index contributed by atoms with van der Waals surface area (Å²) in [7, 11) is 1.67. The first-order valence-corrected chi connectivity index (χ1v) is 9.22. The monoisotopic (exact) mass is 359 g/mol. The molecule has 0 aliphatic rings. The Bertz CT molecular complexity index is 1000. The molecule has 124 valence electrons. The van der Waals surface area contributed by atoms with Gasteiger partial charge < -0.3 is 5.73 Å². The van der Waals surface area contributed by atoms with E-state index < -0.39 is 5.91 Å². The molecule has 7 heteroatoms. The minimum atomic E-state index is -0.434. The molecule has 0 unspecified atom stereocenters. The van der Waals surface area contributed by atoms with Gasteiger partial charge in [0.25, 0.3) is 5.56 Å². The molecular weight excluding hydrogens is 342 g/mol. The molecule has 0 spiro atoms. The maximum atomic E-state index is 12.8. The highest BCUT2D eigenvalue weighted by molar-refractivity contribution is 7.99. The number of primary amides is 1. The zero-order chi connectivity index (χ0) is 17.4. The highest BCUT2D eigenvalue weighted by atomic mass is 32.2. The first kappa shape index (κ1) is 16.7. The number of amides is 1. The standard InChI is InChI=1S/C17H17N3O2S2/c1-9-4-5-11(6-10(9)2)12-7-23-15-14(12)16(22)20(3)17(19-15)24-8-13(18)21/h4-7H,8H2,1-3H3,(H2,18,21). The Labute approximate surface area is 147 Å². The lowest BCUT2D eigenvalue weighted by atomic mass is 10.0. The zero-order valence-corrected chi connectivity index (χ0v) is 15.3. The van der Waals surface area contributed by atoms with Crippen molar-refractivity contribution in [3.63, 3.8) is 0 Å². The van der Waals surface area contributed by atoms with Crippen LogP contribution in [-0.2, 0) is 11.8 Å². The Hall–Kier alpha value is -2.12. The molecule has 2 N–H and O–H groups in total. The predicted molar refractivity (Wildman–Crippen MR) is 99.7 cm³/mol. The van der Waals surface area contributed by atoms with Crippen LogP contribution < -0.4 is 11.3 Å². The molecule has 0 atom stereocenters. The quantitative estimate of drug-likeness (QED) is 0.574. The summed E-state index contributed by atoms with van der Waals surface area (Å²) in [5, 5.41) is 3.08. The maximum Gasteiger partial charge on any atom is 0.263 e. The first-order valence-electron chi connectivity index (χ1n) is 7.35. The van der Waals surface area contributed by atoms with Crippen LogP contribution in [0.25, 0.3) is 21.3 Å². The molecule has 0 radical (unpaired) electrons. The van der Waals surface area contributed by atoms with Crippen molar-refractivity contribution in [2.24, 2.45) is 12.8 Å². The van der Waals surface area contributed by atoms with Gasteiger partial charge in [0, 0.05) is 18.0 Å². The molecule has 0 bridgehead atoms. The van der Waals surface area contributed by atoms with Crippen LogP contribution >= 0.6 is 23.1 Å². The summed E-state index contributed by atoms with van der Waals surface area (Å²) in [5.74, 6) is -0.336. The Balaban J connectivity index is 2.16. The molecule has 2 heterocycles. The van der Waals surface area contributed by atoms with Crippen LogP contribution in [0, 0.1) is 13.8 Å². The third-order valence-electron chi connectivity index (χ3n) is 3.94. The Kier molecular flexibility index (Phi) is 4.47. The van der Waals surface area contributed by atoms with Crippen LogP contribution in [0.1, 0.15) is 11.1 Å². The maximum absolute atomic E-state index is 12.8. The number of carbonyl (C=O) groups is 1. The van der Waals surface area contributed by atoms with Crippen LogP contribution in [0.4, 0.5) is 0 Å². The fourth-order valence-electron chi connectivity index (χ4n) is 2.44. The Morgan fingerprint density at radius 2 is 2.08 bits per heavy atom. The van der Waals surface area contributed by atoms with E-state index in [2.05, 4.69) is 31.0 Å². The minimum Gasteiger partial charge on any atom is -0.369 e. The summed E-state index contributed by atoms with van der Waals surface area (Å²) in [4.78, 5) is 29.0. The van der Waals surface area contributed by atoms with Gasteiger partial charge in [-0.05, 0) is 30.5 Å². The molecule has 24 heavy (non-hydrogen) atoms. The van der Waals surface area contributed by atoms with E-state index in [4.69, 9.17) is 5.73 Å². The predicted octanol–water partition coefficient (Wildman–Crippen LogP) is 2.86. The average molecular weight is 359 g/mol. The molecule has 0 saturated heterocycles. The van der Waals surface area contributed by atoms with E-state index in [0.717, 1.165) is 11.1 Å². The molecule has 1 aromatic carbocycles. The van der Waals surface area contributed by atoms with Crippen molar-refractivity contribution in [2.75, 3.05) is 5.75 Å². The topological polar surface area (TPSA) is 78.0 Å². The molecule has 2 aromatic heterocycles. The summed E-state index contributed by atoms with van der Waals surface area (Å²) in [6, 6.07) is 6.17. The number of fused-ring (bicyclic) bond motifs is 1. The number of nitrogens with zero attached hydrogens (tertiary/aromatic N) is 2. The molecule has 0 aliphatic carbocycles. The molecule has 3 rings (SSSR count). The molecule has 3 aromatic rings. The number of thioether (sulfide) groups is 1. The summed E-state index contributed by atoms with van der Waals surface area (Å²) in [5.41, 5.74) is 9.38. The Morgan fingerprint density at radius 3 is 2.75 bits per heavy atom. The summed E-state index contributed by atoms with van der Waals surface area (Å²) >= 11 is 2.61. The minimum absolute atomic E-state index is 0.0984. The van der Waals surface area contributed by atoms with Gasteiger partial charge in [0.15, 0.2) is 5.16 Å². The van der Waals surface area contributed by atoms with Crippen LogP contribution in [0.15, 0.2) is 33.5 Å². The second kappa shape index (κ2) is 6.41. The van der Waals surface area contributed by atoms with Gasteiger partial charge in [-0.1, -0.05) is 30.0 Å². The van der Waals surface area contributed by atoms with Gasteiger partial charge in [-0.2, -0.15) is 0 Å². The van der Waals surface area contributed by atoms with E-state index in [1.165, 1.54) is 38.8 Å². The smallest absolute Gasteiger partial charge is 0.263 e. The summed E-state index contributed by atoms with van der Waals surface area (Å²) in [6.07, 6.45) is 0. The molecule has 5 nitrogen and oxygen atoms in total. The van der Waals surface area contributed by atoms with Crippen molar-refractivity contribution in [3.8, 4) is 11.1 Å². The van der Waals surface area contributed by atoms with Crippen LogP contribution in [0.2, 0.25) is 0 Å². The van der Waals surface area contributed by atoms with E-state index in [0.29, 0.717) is 15.4 Å². The lowest BCUT2D eigenvalue weighted by Crippen LogP contribution is -2.21. The highest BCUT2D eigenvalue weighted by Gasteiger charge is 2.16. The second-order valence-corrected chi connectivity index (χ2v) is 7.44. The lowest BCUT2D eigenvalue weighted by Gasteiger charge is -2.08. The number of rotatable bonds is 4. The Morgan fingerprint density at radius 1 is 1.33 bits per heavy atom. The van der Waals surface area contributed by atoms with Crippen molar-refractivity contribution in [1.82, 2.24) is 9.55 Å². The third kappa shape index (κ3) is 2.97. The van der Waals surface area contributed by atoms with Gasteiger partial charge in [0.1, 0.15) is 4.83 Å². The summed E-state index contributed by atoms with van der Waals surface area (Å²) < 4.78 is 1.48. The fourth-order valence-corrected chi connectivity index (χ4v) is 4.14. The van der Waals surface area contributed by atoms with Gasteiger partial charge in [-0.3, -0.25) is 14.2 Å². The normalized spacial score (nSPS) is 11.1. The van der Waals surface area contributed by atoms with E-state index in [1.54, 1.807) is 7.05 Å². The van der Waals surface area contributed by atoms with Gasteiger partial charge in [0.05, 0.1) is 11.1 Å². The third-order valence-corrected chi connectivity index (χ3v) is 5.86. The van der Waals surface area contributed by atoms with Crippen molar-refractivity contribution in [1.29, 1.82) is 0 Å². The van der Waals surface area contributed by atoms with Gasteiger partial charge >= 0.3 is 0 Å². The number of benzene rings is 1. The number of hydrogen-bond acceptors (Lipinski definition) is 5. The molecule has 0 fully saturated rings. The van der Waals surface area contributed by atoms with Crippen molar-refractivity contribution in [3.05, 3.63) is 45.1 Å².